The second kappa shape index (κ2) is 4.23. The molecule has 3 rings (SSSR count). The van der Waals surface area contributed by atoms with Gasteiger partial charge in [-0.1, -0.05) is 17.7 Å². The lowest BCUT2D eigenvalue weighted by Gasteiger charge is -2.02. The number of aromatic nitrogens is 2. The number of hydrogen-bond acceptors (Lipinski definition) is 3. The molecule has 0 aliphatic rings. The molecule has 90 valence electrons. The molecule has 0 saturated heterocycles. The largest absolute Gasteiger partial charge is 0.399 e. The molecule has 3 aromatic rings. The van der Waals surface area contributed by atoms with Crippen molar-refractivity contribution in [3.63, 3.8) is 0 Å². The van der Waals surface area contributed by atoms with Gasteiger partial charge < -0.3 is 16.0 Å². The van der Waals surface area contributed by atoms with Crippen LogP contribution in [0.15, 0.2) is 42.5 Å². The molecule has 18 heavy (non-hydrogen) atoms. The highest BCUT2D eigenvalue weighted by molar-refractivity contribution is 6.30. The van der Waals surface area contributed by atoms with Gasteiger partial charge in [-0.15, -0.1) is 0 Å². The van der Waals surface area contributed by atoms with Gasteiger partial charge in [0.2, 0.25) is 5.95 Å². The third kappa shape index (κ3) is 2.10. The number of benzene rings is 2. The number of nitrogen functional groups attached to an aromatic ring is 1. The van der Waals surface area contributed by atoms with Crippen LogP contribution in [-0.4, -0.2) is 9.97 Å². The normalized spacial score (nSPS) is 10.7. The SMILES string of the molecule is Nc1ccc2nc(Nc3cccc(Cl)c3)[nH]c2c1. The molecule has 0 aliphatic heterocycles. The average molecular weight is 259 g/mol. The van der Waals surface area contributed by atoms with E-state index in [1.165, 1.54) is 0 Å². The Labute approximate surface area is 109 Å². The van der Waals surface area contributed by atoms with Crippen LogP contribution < -0.4 is 11.1 Å². The number of nitrogens with one attached hydrogen (secondary N) is 2. The summed E-state index contributed by atoms with van der Waals surface area (Å²) in [6.45, 7) is 0. The predicted octanol–water partition coefficient (Wildman–Crippen LogP) is 3.54. The van der Waals surface area contributed by atoms with E-state index >= 15 is 0 Å². The first kappa shape index (κ1) is 10.9. The van der Waals surface area contributed by atoms with Gasteiger partial charge in [-0.05, 0) is 36.4 Å². The smallest absolute Gasteiger partial charge is 0.205 e. The van der Waals surface area contributed by atoms with Gasteiger partial charge in [-0.25, -0.2) is 4.98 Å². The van der Waals surface area contributed by atoms with Crippen LogP contribution >= 0.6 is 11.6 Å². The summed E-state index contributed by atoms with van der Waals surface area (Å²) in [5.74, 6) is 0.665. The Hall–Kier alpha value is -2.20. The van der Waals surface area contributed by atoms with Crippen LogP contribution in [0.2, 0.25) is 5.02 Å². The van der Waals surface area contributed by atoms with E-state index in [-0.39, 0.29) is 0 Å². The molecule has 0 spiro atoms. The van der Waals surface area contributed by atoms with Gasteiger partial charge in [0.05, 0.1) is 11.0 Å². The fraction of sp³-hybridized carbons (Fsp3) is 0. The van der Waals surface area contributed by atoms with Gasteiger partial charge in [0.15, 0.2) is 0 Å². The molecule has 0 amide bonds. The quantitative estimate of drug-likeness (QED) is 0.616. The molecule has 4 N–H and O–H groups in total. The highest BCUT2D eigenvalue weighted by atomic mass is 35.5. The highest BCUT2D eigenvalue weighted by Gasteiger charge is 2.03. The van der Waals surface area contributed by atoms with E-state index in [2.05, 4.69) is 15.3 Å². The van der Waals surface area contributed by atoms with Crippen molar-refractivity contribution in [3.05, 3.63) is 47.5 Å². The molecule has 0 fully saturated rings. The standard InChI is InChI=1S/C13H11ClN4/c14-8-2-1-3-10(6-8)16-13-17-11-5-4-9(15)7-12(11)18-13/h1-7H,15H2,(H2,16,17,18). The van der Waals surface area contributed by atoms with Crippen LogP contribution in [0, 0.1) is 0 Å². The molecule has 0 radical (unpaired) electrons. The molecule has 0 aliphatic carbocycles. The van der Waals surface area contributed by atoms with Crippen molar-refractivity contribution in [3.8, 4) is 0 Å². The number of anilines is 3. The van der Waals surface area contributed by atoms with E-state index in [0.29, 0.717) is 16.7 Å². The first-order valence-electron chi connectivity index (χ1n) is 5.48. The van der Waals surface area contributed by atoms with Crippen LogP contribution in [0.1, 0.15) is 0 Å². The summed E-state index contributed by atoms with van der Waals surface area (Å²) >= 11 is 5.92. The van der Waals surface area contributed by atoms with E-state index < -0.39 is 0 Å². The van der Waals surface area contributed by atoms with Gasteiger partial charge in [-0.3, -0.25) is 0 Å². The molecule has 0 saturated carbocycles. The predicted molar refractivity (Wildman–Crippen MR) is 75.2 cm³/mol. The Morgan fingerprint density at radius 1 is 1.17 bits per heavy atom. The van der Waals surface area contributed by atoms with Crippen molar-refractivity contribution in [2.75, 3.05) is 11.1 Å². The first-order valence-corrected chi connectivity index (χ1v) is 5.86. The van der Waals surface area contributed by atoms with Crippen LogP contribution in [0.4, 0.5) is 17.3 Å². The molecule has 1 heterocycles. The maximum absolute atomic E-state index is 5.92. The average Bonchev–Trinajstić information content (AvgIpc) is 2.70. The number of nitrogens with two attached hydrogens (primary N) is 1. The zero-order valence-corrected chi connectivity index (χ0v) is 10.2. The van der Waals surface area contributed by atoms with Gasteiger partial charge in [0, 0.05) is 16.4 Å². The number of hydrogen-bond donors (Lipinski definition) is 3. The Balaban J connectivity index is 1.95. The topological polar surface area (TPSA) is 66.7 Å². The summed E-state index contributed by atoms with van der Waals surface area (Å²) in [6, 6.07) is 13.0. The fourth-order valence-electron chi connectivity index (χ4n) is 1.79. The summed E-state index contributed by atoms with van der Waals surface area (Å²) in [4.78, 5) is 7.57. The molecular weight excluding hydrogens is 248 g/mol. The lowest BCUT2D eigenvalue weighted by atomic mass is 10.3. The zero-order chi connectivity index (χ0) is 12.5. The molecule has 5 heteroatoms. The summed E-state index contributed by atoms with van der Waals surface area (Å²) in [5.41, 5.74) is 9.08. The number of imidazole rings is 1. The second-order valence-electron chi connectivity index (χ2n) is 4.00. The Kier molecular flexibility index (Phi) is 2.57. The Morgan fingerprint density at radius 2 is 2.06 bits per heavy atom. The maximum atomic E-state index is 5.92. The molecule has 1 aromatic heterocycles. The van der Waals surface area contributed by atoms with Crippen LogP contribution in [0.25, 0.3) is 11.0 Å². The van der Waals surface area contributed by atoms with Gasteiger partial charge in [0.25, 0.3) is 0 Å². The van der Waals surface area contributed by atoms with Crippen LogP contribution in [0.5, 0.6) is 0 Å². The van der Waals surface area contributed by atoms with E-state index in [0.717, 1.165) is 16.7 Å². The molecule has 2 aromatic carbocycles. The van der Waals surface area contributed by atoms with E-state index in [1.807, 2.05) is 42.5 Å². The van der Waals surface area contributed by atoms with Crippen molar-refractivity contribution in [1.29, 1.82) is 0 Å². The minimum absolute atomic E-state index is 0.665. The van der Waals surface area contributed by atoms with Crippen molar-refractivity contribution in [1.82, 2.24) is 9.97 Å². The molecule has 0 atom stereocenters. The third-order valence-electron chi connectivity index (χ3n) is 2.59. The third-order valence-corrected chi connectivity index (χ3v) is 2.83. The summed E-state index contributed by atoms with van der Waals surface area (Å²) in [6.07, 6.45) is 0. The minimum Gasteiger partial charge on any atom is -0.399 e. The monoisotopic (exact) mass is 258 g/mol. The number of rotatable bonds is 2. The van der Waals surface area contributed by atoms with Crippen molar-refractivity contribution >= 4 is 40.0 Å². The number of fused-ring (bicyclic) bond motifs is 1. The minimum atomic E-state index is 0.665. The van der Waals surface area contributed by atoms with E-state index in [1.54, 1.807) is 0 Å². The van der Waals surface area contributed by atoms with Crippen LogP contribution in [0.3, 0.4) is 0 Å². The first-order chi connectivity index (χ1) is 8.70. The van der Waals surface area contributed by atoms with Crippen LogP contribution in [-0.2, 0) is 0 Å². The van der Waals surface area contributed by atoms with Crippen molar-refractivity contribution in [2.45, 2.75) is 0 Å². The Morgan fingerprint density at radius 3 is 2.89 bits per heavy atom. The summed E-state index contributed by atoms with van der Waals surface area (Å²) in [5, 5.41) is 3.84. The summed E-state index contributed by atoms with van der Waals surface area (Å²) in [7, 11) is 0. The van der Waals surface area contributed by atoms with Gasteiger partial charge >= 0.3 is 0 Å². The fourth-order valence-corrected chi connectivity index (χ4v) is 1.98. The molecular formula is C13H11ClN4. The lowest BCUT2D eigenvalue weighted by molar-refractivity contribution is 1.31. The van der Waals surface area contributed by atoms with Gasteiger partial charge in [-0.2, -0.15) is 0 Å². The molecule has 0 unspecified atom stereocenters. The second-order valence-corrected chi connectivity index (χ2v) is 4.43. The molecule has 4 nitrogen and oxygen atoms in total. The number of nitrogens with zero attached hydrogens (tertiary/aromatic N) is 1. The zero-order valence-electron chi connectivity index (χ0n) is 9.44. The van der Waals surface area contributed by atoms with Gasteiger partial charge in [0.1, 0.15) is 0 Å². The van der Waals surface area contributed by atoms with Crippen molar-refractivity contribution in [2.24, 2.45) is 0 Å². The van der Waals surface area contributed by atoms with E-state index in [4.69, 9.17) is 17.3 Å². The molecule has 0 bridgehead atoms. The highest BCUT2D eigenvalue weighted by Crippen LogP contribution is 2.21. The van der Waals surface area contributed by atoms with E-state index in [9.17, 15) is 0 Å². The number of H-pyrrole nitrogens is 1. The number of halogens is 1. The lowest BCUT2D eigenvalue weighted by Crippen LogP contribution is -1.91. The number of aromatic amines is 1. The maximum Gasteiger partial charge on any atom is 0.205 e. The Bertz CT molecular complexity index is 705. The summed E-state index contributed by atoms with van der Waals surface area (Å²) < 4.78 is 0. The van der Waals surface area contributed by atoms with Crippen molar-refractivity contribution < 1.29 is 0 Å².